The van der Waals surface area contributed by atoms with Crippen molar-refractivity contribution in [3.8, 4) is 11.5 Å². The molecule has 30 heavy (non-hydrogen) atoms. The highest BCUT2D eigenvalue weighted by Gasteiger charge is 2.15. The summed E-state index contributed by atoms with van der Waals surface area (Å²) in [5, 5.41) is 9.36. The van der Waals surface area contributed by atoms with Crippen molar-refractivity contribution in [2.75, 3.05) is 20.2 Å². The van der Waals surface area contributed by atoms with E-state index in [4.69, 9.17) is 9.15 Å². The highest BCUT2D eigenvalue weighted by Crippen LogP contribution is 2.18. The van der Waals surface area contributed by atoms with E-state index in [-0.39, 0.29) is 6.04 Å². The van der Waals surface area contributed by atoms with E-state index < -0.39 is 6.09 Å². The second-order valence-electron chi connectivity index (χ2n) is 7.51. The van der Waals surface area contributed by atoms with Crippen molar-refractivity contribution in [2.24, 2.45) is 10.9 Å². The number of rotatable bonds is 9. The summed E-state index contributed by atoms with van der Waals surface area (Å²) < 4.78 is 10.6. The van der Waals surface area contributed by atoms with Gasteiger partial charge in [0.15, 0.2) is 5.96 Å². The first kappa shape index (κ1) is 23.3. The number of aryl methyl sites for hydroxylation is 1. The molecule has 1 aromatic heterocycles. The van der Waals surface area contributed by atoms with Crippen LogP contribution in [0.4, 0.5) is 4.79 Å². The van der Waals surface area contributed by atoms with Crippen molar-refractivity contribution in [1.29, 1.82) is 0 Å². The molecule has 0 saturated carbocycles. The van der Waals surface area contributed by atoms with Gasteiger partial charge in [0.1, 0.15) is 6.26 Å². The van der Waals surface area contributed by atoms with E-state index >= 15 is 0 Å². The number of hydrogen-bond acceptors (Lipinski definition) is 5. The SMILES string of the molecule is CCOC(=O)NC(CNC(=NC)NCc1coc(-c2ccc(C)cc2)n1)CC(C)C. The predicted molar refractivity (Wildman–Crippen MR) is 118 cm³/mol. The smallest absolute Gasteiger partial charge is 0.407 e. The van der Waals surface area contributed by atoms with Crippen LogP contribution < -0.4 is 16.0 Å². The monoisotopic (exact) mass is 415 g/mol. The Morgan fingerprint density at radius 2 is 1.97 bits per heavy atom. The number of oxazole rings is 1. The molecule has 1 amide bonds. The van der Waals surface area contributed by atoms with Gasteiger partial charge in [-0.15, -0.1) is 0 Å². The summed E-state index contributed by atoms with van der Waals surface area (Å²) in [5.74, 6) is 1.64. The fraction of sp³-hybridized carbons (Fsp3) is 0.500. The van der Waals surface area contributed by atoms with E-state index in [0.717, 1.165) is 17.7 Å². The zero-order chi connectivity index (χ0) is 21.9. The summed E-state index contributed by atoms with van der Waals surface area (Å²) in [4.78, 5) is 20.5. The molecule has 1 heterocycles. The number of amides is 1. The second-order valence-corrected chi connectivity index (χ2v) is 7.51. The molecular formula is C22H33N5O3. The zero-order valence-corrected chi connectivity index (χ0v) is 18.5. The molecule has 8 heteroatoms. The number of carbonyl (C=O) groups excluding carboxylic acids is 1. The topological polar surface area (TPSA) is 101 Å². The number of aromatic nitrogens is 1. The number of alkyl carbamates (subject to hydrolysis) is 1. The summed E-state index contributed by atoms with van der Waals surface area (Å²) in [6.45, 7) is 9.40. The maximum Gasteiger partial charge on any atom is 0.407 e. The van der Waals surface area contributed by atoms with Gasteiger partial charge in [0.2, 0.25) is 5.89 Å². The van der Waals surface area contributed by atoms with Crippen LogP contribution >= 0.6 is 0 Å². The lowest BCUT2D eigenvalue weighted by Crippen LogP contribution is -2.47. The van der Waals surface area contributed by atoms with Crippen LogP contribution in [0.2, 0.25) is 0 Å². The fourth-order valence-electron chi connectivity index (χ4n) is 2.93. The molecule has 3 N–H and O–H groups in total. The molecule has 8 nitrogen and oxygen atoms in total. The summed E-state index contributed by atoms with van der Waals surface area (Å²) in [6, 6.07) is 7.97. The van der Waals surface area contributed by atoms with E-state index in [1.165, 1.54) is 5.56 Å². The normalized spacial score (nSPS) is 12.5. The van der Waals surface area contributed by atoms with Gasteiger partial charge in [-0.05, 0) is 38.3 Å². The lowest BCUT2D eigenvalue weighted by Gasteiger charge is -2.22. The van der Waals surface area contributed by atoms with Crippen LogP contribution in [-0.2, 0) is 11.3 Å². The predicted octanol–water partition coefficient (Wildman–Crippen LogP) is 3.48. The van der Waals surface area contributed by atoms with Gasteiger partial charge >= 0.3 is 6.09 Å². The van der Waals surface area contributed by atoms with E-state index in [9.17, 15) is 4.79 Å². The van der Waals surface area contributed by atoms with Gasteiger partial charge in [0, 0.05) is 25.2 Å². The minimum absolute atomic E-state index is 0.0669. The Kier molecular flexibility index (Phi) is 9.18. The quantitative estimate of drug-likeness (QED) is 0.428. The molecule has 0 aliphatic heterocycles. The number of aliphatic imine (C=N–C) groups is 1. The molecule has 1 atom stereocenters. The van der Waals surface area contributed by atoms with Crippen molar-refractivity contribution in [2.45, 2.75) is 46.7 Å². The number of benzene rings is 1. The number of hydrogen-bond donors (Lipinski definition) is 3. The van der Waals surface area contributed by atoms with Crippen LogP contribution in [0.5, 0.6) is 0 Å². The molecule has 1 unspecified atom stereocenters. The maximum atomic E-state index is 11.8. The van der Waals surface area contributed by atoms with Gasteiger partial charge in [0.05, 0.1) is 18.8 Å². The minimum Gasteiger partial charge on any atom is -0.450 e. The molecule has 2 aromatic rings. The average Bonchev–Trinajstić information content (AvgIpc) is 3.17. The third kappa shape index (κ3) is 7.77. The molecule has 164 valence electrons. The Hall–Kier alpha value is -3.03. The van der Waals surface area contributed by atoms with Crippen molar-refractivity contribution < 1.29 is 13.9 Å². The first-order valence-corrected chi connectivity index (χ1v) is 10.3. The first-order valence-electron chi connectivity index (χ1n) is 10.3. The summed E-state index contributed by atoms with van der Waals surface area (Å²) in [6.07, 6.45) is 2.06. The van der Waals surface area contributed by atoms with Gasteiger partial charge in [-0.3, -0.25) is 4.99 Å². The second kappa shape index (κ2) is 11.8. The highest BCUT2D eigenvalue weighted by atomic mass is 16.5. The van der Waals surface area contributed by atoms with E-state index in [2.05, 4.69) is 39.8 Å². The standard InChI is InChI=1S/C22H33N5O3/c1-6-29-22(28)27-18(11-15(2)3)12-24-21(23-5)25-13-19-14-30-20(26-19)17-9-7-16(4)8-10-17/h7-10,14-15,18H,6,11-13H2,1-5H3,(H,27,28)(H2,23,24,25). The van der Waals surface area contributed by atoms with Gasteiger partial charge in [-0.1, -0.05) is 31.5 Å². The van der Waals surface area contributed by atoms with Crippen LogP contribution in [0.3, 0.4) is 0 Å². The molecule has 2 rings (SSSR count). The summed E-state index contributed by atoms with van der Waals surface area (Å²) in [5.41, 5.74) is 2.91. The number of nitrogens with zero attached hydrogens (tertiary/aromatic N) is 2. The lowest BCUT2D eigenvalue weighted by atomic mass is 10.0. The summed E-state index contributed by atoms with van der Waals surface area (Å²) in [7, 11) is 1.70. The van der Waals surface area contributed by atoms with Crippen molar-refractivity contribution in [3.05, 3.63) is 41.8 Å². The Bertz CT molecular complexity index is 814. The van der Waals surface area contributed by atoms with Crippen LogP contribution in [0.15, 0.2) is 39.9 Å². The molecule has 0 spiro atoms. The van der Waals surface area contributed by atoms with Gasteiger partial charge in [0.25, 0.3) is 0 Å². The number of nitrogens with one attached hydrogen (secondary N) is 3. The largest absolute Gasteiger partial charge is 0.450 e. The van der Waals surface area contributed by atoms with Gasteiger partial charge in [-0.25, -0.2) is 9.78 Å². The molecule has 0 radical (unpaired) electrons. The maximum absolute atomic E-state index is 11.8. The molecule has 0 saturated heterocycles. The number of guanidine groups is 1. The van der Waals surface area contributed by atoms with Crippen molar-refractivity contribution >= 4 is 12.1 Å². The van der Waals surface area contributed by atoms with Crippen LogP contribution in [0.1, 0.15) is 38.4 Å². The molecule has 0 bridgehead atoms. The van der Waals surface area contributed by atoms with Crippen LogP contribution in [0.25, 0.3) is 11.5 Å². The van der Waals surface area contributed by atoms with Gasteiger partial charge in [-0.2, -0.15) is 0 Å². The Labute approximate surface area is 178 Å². The van der Waals surface area contributed by atoms with Crippen LogP contribution in [-0.4, -0.2) is 43.3 Å². The van der Waals surface area contributed by atoms with E-state index in [0.29, 0.717) is 37.5 Å². The molecular weight excluding hydrogens is 382 g/mol. The Morgan fingerprint density at radius 3 is 2.60 bits per heavy atom. The lowest BCUT2D eigenvalue weighted by molar-refractivity contribution is 0.146. The van der Waals surface area contributed by atoms with Gasteiger partial charge < -0.3 is 25.1 Å². The average molecular weight is 416 g/mol. The highest BCUT2D eigenvalue weighted by molar-refractivity contribution is 5.79. The van der Waals surface area contributed by atoms with Crippen molar-refractivity contribution in [3.63, 3.8) is 0 Å². The number of ether oxygens (including phenoxy) is 1. The zero-order valence-electron chi connectivity index (χ0n) is 18.5. The van der Waals surface area contributed by atoms with Crippen molar-refractivity contribution in [1.82, 2.24) is 20.9 Å². The molecule has 0 fully saturated rings. The van der Waals surface area contributed by atoms with E-state index in [1.807, 2.05) is 31.2 Å². The molecule has 0 aliphatic carbocycles. The molecule has 1 aromatic carbocycles. The fourth-order valence-corrected chi connectivity index (χ4v) is 2.93. The van der Waals surface area contributed by atoms with E-state index in [1.54, 1.807) is 20.2 Å². The molecule has 0 aliphatic rings. The number of carbonyl (C=O) groups is 1. The third-order valence-corrected chi connectivity index (χ3v) is 4.38. The minimum atomic E-state index is -0.404. The Balaban J connectivity index is 1.87. The summed E-state index contributed by atoms with van der Waals surface area (Å²) >= 11 is 0. The third-order valence-electron chi connectivity index (χ3n) is 4.38. The first-order chi connectivity index (χ1) is 14.4. The Morgan fingerprint density at radius 1 is 1.23 bits per heavy atom. The van der Waals surface area contributed by atoms with Crippen LogP contribution in [0, 0.1) is 12.8 Å².